The molecule has 0 radical (unpaired) electrons. The molecular formula is C28H34N4O4. The maximum atomic E-state index is 13.4. The smallest absolute Gasteiger partial charge is 0.251 e. The molecule has 2 amide bonds. The number of rotatable bonds is 7. The van der Waals surface area contributed by atoms with Gasteiger partial charge in [0.15, 0.2) is 11.5 Å². The fourth-order valence-electron chi connectivity index (χ4n) is 5.41. The highest BCUT2D eigenvalue weighted by Gasteiger charge is 2.31. The summed E-state index contributed by atoms with van der Waals surface area (Å²) >= 11 is 0. The minimum absolute atomic E-state index is 0.00727. The van der Waals surface area contributed by atoms with Crippen LogP contribution in [0.15, 0.2) is 42.6 Å². The molecule has 1 fully saturated rings. The summed E-state index contributed by atoms with van der Waals surface area (Å²) in [5.41, 5.74) is 4.02. The maximum Gasteiger partial charge on any atom is 0.251 e. The predicted molar refractivity (Wildman–Crippen MR) is 138 cm³/mol. The van der Waals surface area contributed by atoms with E-state index in [1.165, 1.54) is 5.56 Å². The summed E-state index contributed by atoms with van der Waals surface area (Å²) in [6, 6.07) is 11.7. The summed E-state index contributed by atoms with van der Waals surface area (Å²) in [4.78, 5) is 33.4. The van der Waals surface area contributed by atoms with Crippen LogP contribution in [-0.2, 0) is 17.8 Å². The molecular weight excluding hydrogens is 456 g/mol. The Bertz CT molecular complexity index is 1250. The second kappa shape index (κ2) is 10.6. The molecule has 8 heteroatoms. The lowest BCUT2D eigenvalue weighted by molar-refractivity contribution is -0.138. The normalized spacial score (nSPS) is 18.1. The van der Waals surface area contributed by atoms with Crippen molar-refractivity contribution >= 4 is 22.7 Å². The van der Waals surface area contributed by atoms with Crippen molar-refractivity contribution in [1.82, 2.24) is 20.1 Å². The largest absolute Gasteiger partial charge is 0.493 e. The van der Waals surface area contributed by atoms with Gasteiger partial charge in [-0.25, -0.2) is 0 Å². The number of nitrogens with zero attached hydrogens (tertiary/aromatic N) is 2. The number of nitrogens with one attached hydrogen (secondary N) is 2. The van der Waals surface area contributed by atoms with Crippen LogP contribution in [-0.4, -0.2) is 73.5 Å². The third-order valence-electron chi connectivity index (χ3n) is 7.41. The minimum Gasteiger partial charge on any atom is -0.493 e. The standard InChI is InChI=1S/C28H34N4O4/c1-35-25-15-19-8-12-32(18-23(19)16-26(25)36-2)28(34)22-4-3-11-31(17-22)13-10-30-27(33)21-5-6-24-20(14-21)7-9-29-24/h5-7,9,14-16,22,29H,3-4,8,10-13,17-18H2,1-2H3,(H,30,33). The number of fused-ring (bicyclic) bond motifs is 2. The summed E-state index contributed by atoms with van der Waals surface area (Å²) < 4.78 is 10.9. The third-order valence-corrected chi connectivity index (χ3v) is 7.41. The molecule has 190 valence electrons. The SMILES string of the molecule is COc1cc2c(cc1OC)CN(C(=O)C1CCCN(CCNC(=O)c3ccc4[nH]ccc4c3)C1)CC2. The van der Waals surface area contributed by atoms with Crippen molar-refractivity contribution in [3.63, 3.8) is 0 Å². The van der Waals surface area contributed by atoms with Crippen LogP contribution in [0.4, 0.5) is 0 Å². The lowest BCUT2D eigenvalue weighted by Crippen LogP contribution is -2.47. The molecule has 1 atom stereocenters. The summed E-state index contributed by atoms with van der Waals surface area (Å²) in [5.74, 6) is 1.58. The van der Waals surface area contributed by atoms with Crippen molar-refractivity contribution in [3.05, 3.63) is 59.3 Å². The van der Waals surface area contributed by atoms with Gasteiger partial charge in [-0.15, -0.1) is 0 Å². The van der Waals surface area contributed by atoms with Gasteiger partial charge in [0.1, 0.15) is 0 Å². The van der Waals surface area contributed by atoms with E-state index in [4.69, 9.17) is 9.47 Å². The zero-order valence-electron chi connectivity index (χ0n) is 21.0. The van der Waals surface area contributed by atoms with Crippen LogP contribution in [0.2, 0.25) is 0 Å². The van der Waals surface area contributed by atoms with Crippen molar-refractivity contribution in [2.45, 2.75) is 25.8 Å². The van der Waals surface area contributed by atoms with E-state index in [0.717, 1.165) is 67.7 Å². The molecule has 1 unspecified atom stereocenters. The van der Waals surface area contributed by atoms with E-state index < -0.39 is 0 Å². The Morgan fingerprint density at radius 3 is 2.67 bits per heavy atom. The molecule has 2 aromatic carbocycles. The number of piperidine rings is 1. The highest BCUT2D eigenvalue weighted by Crippen LogP contribution is 2.34. The van der Waals surface area contributed by atoms with Crippen LogP contribution < -0.4 is 14.8 Å². The Morgan fingerprint density at radius 1 is 1.06 bits per heavy atom. The number of carbonyl (C=O) groups is 2. The summed E-state index contributed by atoms with van der Waals surface area (Å²) in [6.45, 7) is 4.31. The van der Waals surface area contributed by atoms with Crippen LogP contribution >= 0.6 is 0 Å². The second-order valence-corrected chi connectivity index (χ2v) is 9.66. The first kappa shape index (κ1) is 24.2. The first-order valence-electron chi connectivity index (χ1n) is 12.7. The number of carbonyl (C=O) groups excluding carboxylic acids is 2. The van der Waals surface area contributed by atoms with Crippen molar-refractivity contribution in [3.8, 4) is 11.5 Å². The van der Waals surface area contributed by atoms with Gasteiger partial charge in [0.05, 0.1) is 20.1 Å². The number of aromatic nitrogens is 1. The Labute approximate surface area is 211 Å². The molecule has 0 bridgehead atoms. The molecule has 36 heavy (non-hydrogen) atoms. The van der Waals surface area contributed by atoms with Crippen LogP contribution in [0.1, 0.15) is 34.3 Å². The molecule has 3 heterocycles. The zero-order chi connectivity index (χ0) is 25.1. The van der Waals surface area contributed by atoms with Crippen LogP contribution in [0.5, 0.6) is 11.5 Å². The fraction of sp³-hybridized carbons (Fsp3) is 0.429. The first-order valence-corrected chi connectivity index (χ1v) is 12.7. The lowest BCUT2D eigenvalue weighted by atomic mass is 9.93. The average molecular weight is 491 g/mol. The molecule has 0 saturated carbocycles. The Hall–Kier alpha value is -3.52. The van der Waals surface area contributed by atoms with Gasteiger partial charge in [0.25, 0.3) is 5.91 Å². The summed E-state index contributed by atoms with van der Waals surface area (Å²) in [6.07, 6.45) is 4.59. The van der Waals surface area contributed by atoms with Gasteiger partial charge in [-0.05, 0) is 73.3 Å². The molecule has 5 rings (SSSR count). The summed E-state index contributed by atoms with van der Waals surface area (Å²) in [5, 5.41) is 4.06. The molecule has 1 saturated heterocycles. The molecule has 2 aliphatic heterocycles. The first-order chi connectivity index (χ1) is 17.6. The Kier molecular flexibility index (Phi) is 7.13. The molecule has 3 aromatic rings. The highest BCUT2D eigenvalue weighted by molar-refractivity contribution is 5.98. The molecule has 0 aliphatic carbocycles. The number of H-pyrrole nitrogens is 1. The van der Waals surface area contributed by atoms with Gasteiger partial charge in [0.2, 0.25) is 5.91 Å². The summed E-state index contributed by atoms with van der Waals surface area (Å²) in [7, 11) is 3.28. The van der Waals surface area contributed by atoms with Crippen LogP contribution in [0.3, 0.4) is 0 Å². The monoisotopic (exact) mass is 490 g/mol. The molecule has 0 spiro atoms. The van der Waals surface area contributed by atoms with Gasteiger partial charge in [-0.3, -0.25) is 9.59 Å². The van der Waals surface area contributed by atoms with E-state index in [2.05, 4.69) is 15.2 Å². The average Bonchev–Trinajstić information content (AvgIpc) is 3.39. The van der Waals surface area contributed by atoms with E-state index in [0.29, 0.717) is 24.4 Å². The minimum atomic E-state index is -0.0678. The fourth-order valence-corrected chi connectivity index (χ4v) is 5.41. The quantitative estimate of drug-likeness (QED) is 0.531. The van der Waals surface area contributed by atoms with E-state index in [1.54, 1.807) is 14.2 Å². The Morgan fingerprint density at radius 2 is 1.86 bits per heavy atom. The van der Waals surface area contributed by atoms with Crippen molar-refractivity contribution in [2.75, 3.05) is 46.9 Å². The topological polar surface area (TPSA) is 86.9 Å². The number of ether oxygens (including phenoxy) is 2. The molecule has 8 nitrogen and oxygen atoms in total. The van der Waals surface area contributed by atoms with Crippen molar-refractivity contribution < 1.29 is 19.1 Å². The second-order valence-electron chi connectivity index (χ2n) is 9.66. The number of aromatic amines is 1. The van der Waals surface area contributed by atoms with E-state index in [-0.39, 0.29) is 17.7 Å². The van der Waals surface area contributed by atoms with E-state index >= 15 is 0 Å². The molecule has 2 N–H and O–H groups in total. The molecule has 1 aromatic heterocycles. The predicted octanol–water partition coefficient (Wildman–Crippen LogP) is 3.21. The van der Waals surface area contributed by atoms with Crippen LogP contribution in [0, 0.1) is 5.92 Å². The zero-order valence-corrected chi connectivity index (χ0v) is 21.0. The lowest BCUT2D eigenvalue weighted by Gasteiger charge is -2.37. The van der Waals surface area contributed by atoms with Gasteiger partial charge >= 0.3 is 0 Å². The van der Waals surface area contributed by atoms with Gasteiger partial charge in [0, 0.05) is 55.4 Å². The maximum absolute atomic E-state index is 13.4. The van der Waals surface area contributed by atoms with Crippen molar-refractivity contribution in [2.24, 2.45) is 5.92 Å². The number of hydrogen-bond acceptors (Lipinski definition) is 5. The third kappa shape index (κ3) is 5.04. The number of hydrogen-bond donors (Lipinski definition) is 2. The highest BCUT2D eigenvalue weighted by atomic mass is 16.5. The Balaban J connectivity index is 1.14. The van der Waals surface area contributed by atoms with Gasteiger partial charge in [-0.1, -0.05) is 0 Å². The number of amides is 2. The number of likely N-dealkylation sites (tertiary alicyclic amines) is 1. The van der Waals surface area contributed by atoms with Crippen molar-refractivity contribution in [1.29, 1.82) is 0 Å². The van der Waals surface area contributed by atoms with E-state index in [1.807, 2.05) is 47.5 Å². The van der Waals surface area contributed by atoms with Gasteiger partial charge in [-0.2, -0.15) is 0 Å². The number of methoxy groups -OCH3 is 2. The number of benzene rings is 2. The van der Waals surface area contributed by atoms with Crippen LogP contribution in [0.25, 0.3) is 10.9 Å². The molecule has 2 aliphatic rings. The van der Waals surface area contributed by atoms with E-state index in [9.17, 15) is 9.59 Å². The van der Waals surface area contributed by atoms with Gasteiger partial charge < -0.3 is 29.6 Å².